The van der Waals surface area contributed by atoms with Gasteiger partial charge in [0.1, 0.15) is 5.60 Å². The van der Waals surface area contributed by atoms with Gasteiger partial charge in [-0.1, -0.05) is 64.9 Å². The zero-order valence-electron chi connectivity index (χ0n) is 16.5. The van der Waals surface area contributed by atoms with E-state index in [-0.39, 0.29) is 12.6 Å². The van der Waals surface area contributed by atoms with Crippen LogP contribution in [0.4, 0.5) is 0 Å². The fourth-order valence-electron chi connectivity index (χ4n) is 2.96. The van der Waals surface area contributed by atoms with E-state index in [4.69, 9.17) is 8.92 Å². The summed E-state index contributed by atoms with van der Waals surface area (Å²) in [6, 6.07) is 30.3. The van der Waals surface area contributed by atoms with Gasteiger partial charge in [-0.3, -0.25) is 0 Å². The first-order valence-corrected chi connectivity index (χ1v) is 10.8. The first kappa shape index (κ1) is 20.2. The van der Waals surface area contributed by atoms with E-state index < -0.39 is 15.9 Å². The minimum absolute atomic E-state index is 0.120. The second-order valence-electron chi connectivity index (χ2n) is 7.34. The molecule has 0 spiro atoms. The lowest BCUT2D eigenvalue weighted by molar-refractivity contribution is -0.157. The number of hydrogen-bond acceptors (Lipinski definition) is 3. The molecule has 0 saturated carbocycles. The van der Waals surface area contributed by atoms with E-state index in [2.05, 4.69) is 36.4 Å². The first-order valence-electron chi connectivity index (χ1n) is 9.27. The number of esters is 1. The van der Waals surface area contributed by atoms with E-state index in [1.165, 1.54) is 0 Å². The highest BCUT2D eigenvalue weighted by Crippen LogP contribution is 2.68. The Labute approximate surface area is 168 Å². The van der Waals surface area contributed by atoms with Crippen molar-refractivity contribution in [2.75, 3.05) is 6.61 Å². The number of rotatable bonds is 6. The van der Waals surface area contributed by atoms with Gasteiger partial charge in [-0.25, -0.2) is 4.79 Å². The van der Waals surface area contributed by atoms with Gasteiger partial charge in [-0.2, -0.15) is 0 Å². The zero-order chi connectivity index (χ0) is 20.0. The van der Waals surface area contributed by atoms with Crippen LogP contribution in [0.3, 0.4) is 0 Å². The van der Waals surface area contributed by atoms with Gasteiger partial charge in [0.15, 0.2) is 6.61 Å². The van der Waals surface area contributed by atoms with Gasteiger partial charge in [0.05, 0.1) is 0 Å². The molecule has 3 nitrogen and oxygen atoms in total. The third-order valence-electron chi connectivity index (χ3n) is 4.00. The molecule has 0 aliphatic carbocycles. The Hall–Kier alpha value is -2.56. The van der Waals surface area contributed by atoms with Gasteiger partial charge in [0.2, 0.25) is 0 Å². The summed E-state index contributed by atoms with van der Waals surface area (Å²) in [7, 11) is -2.08. The molecule has 0 aliphatic heterocycles. The number of carbonyl (C=O) groups is 1. The van der Waals surface area contributed by atoms with Crippen molar-refractivity contribution in [3.8, 4) is 0 Å². The minimum atomic E-state index is -2.08. The number of hydrogen-bond donors (Lipinski definition) is 0. The molecule has 3 rings (SSSR count). The molecule has 0 atom stereocenters. The van der Waals surface area contributed by atoms with Crippen molar-refractivity contribution in [1.82, 2.24) is 0 Å². The molecule has 28 heavy (non-hydrogen) atoms. The summed E-state index contributed by atoms with van der Waals surface area (Å²) in [4.78, 5) is 15.6. The normalized spacial score (nSPS) is 12.4. The summed E-state index contributed by atoms with van der Waals surface area (Å²) in [6.07, 6.45) is 0. The quantitative estimate of drug-likeness (QED) is 0.464. The Balaban J connectivity index is 2.10. The molecule has 0 aliphatic rings. The number of benzene rings is 3. The van der Waals surface area contributed by atoms with Crippen molar-refractivity contribution in [3.05, 3.63) is 91.0 Å². The smallest absolute Gasteiger partial charge is 0.333 e. The SMILES string of the molecule is CC(C)(C)OC(=O)COS(c1ccccc1)(c1ccccc1)c1ccccc1. The van der Waals surface area contributed by atoms with E-state index in [1.807, 2.05) is 75.4 Å². The Morgan fingerprint density at radius 3 is 1.39 bits per heavy atom. The second-order valence-corrected chi connectivity index (χ2v) is 10.1. The summed E-state index contributed by atoms with van der Waals surface area (Å²) in [5.74, 6) is -0.368. The van der Waals surface area contributed by atoms with Gasteiger partial charge < -0.3 is 8.92 Å². The summed E-state index contributed by atoms with van der Waals surface area (Å²) < 4.78 is 12.0. The molecule has 0 N–H and O–H groups in total. The Bertz CT molecular complexity index is 791. The van der Waals surface area contributed by atoms with E-state index in [0.29, 0.717) is 0 Å². The monoisotopic (exact) mass is 394 g/mol. The fourth-order valence-corrected chi connectivity index (χ4v) is 6.08. The Kier molecular flexibility index (Phi) is 6.22. The summed E-state index contributed by atoms with van der Waals surface area (Å²) in [5, 5.41) is 0. The lowest BCUT2D eigenvalue weighted by atomic mass is 10.2. The van der Waals surface area contributed by atoms with Crippen LogP contribution in [-0.2, 0) is 13.7 Å². The zero-order valence-corrected chi connectivity index (χ0v) is 17.3. The Morgan fingerprint density at radius 2 is 1.07 bits per heavy atom. The maximum Gasteiger partial charge on any atom is 0.333 e. The maximum absolute atomic E-state index is 12.5. The molecule has 3 aromatic carbocycles. The van der Waals surface area contributed by atoms with Crippen LogP contribution < -0.4 is 0 Å². The van der Waals surface area contributed by atoms with Crippen LogP contribution >= 0.6 is 10.3 Å². The van der Waals surface area contributed by atoms with Crippen LogP contribution in [0, 0.1) is 0 Å². The number of carbonyl (C=O) groups excluding carboxylic acids is 1. The topological polar surface area (TPSA) is 35.5 Å². The highest BCUT2D eigenvalue weighted by molar-refractivity contribution is 8.30. The fraction of sp³-hybridized carbons (Fsp3) is 0.208. The molecular formula is C24H26O3S. The van der Waals surface area contributed by atoms with E-state index in [1.54, 1.807) is 0 Å². The van der Waals surface area contributed by atoms with Crippen molar-refractivity contribution in [2.24, 2.45) is 0 Å². The summed E-state index contributed by atoms with van der Waals surface area (Å²) in [6.45, 7) is 5.45. The molecule has 146 valence electrons. The highest BCUT2D eigenvalue weighted by atomic mass is 32.3. The highest BCUT2D eigenvalue weighted by Gasteiger charge is 2.33. The molecule has 0 aromatic heterocycles. The first-order chi connectivity index (χ1) is 13.4. The van der Waals surface area contributed by atoms with Gasteiger partial charge in [-0.15, -0.1) is 0 Å². The molecule has 4 heteroatoms. The van der Waals surface area contributed by atoms with Gasteiger partial charge in [-0.05, 0) is 57.2 Å². The molecule has 0 radical (unpaired) electrons. The molecule has 3 aromatic rings. The molecule has 0 saturated heterocycles. The average Bonchev–Trinajstić information content (AvgIpc) is 2.70. The van der Waals surface area contributed by atoms with Gasteiger partial charge >= 0.3 is 5.97 Å². The van der Waals surface area contributed by atoms with Crippen molar-refractivity contribution >= 4 is 16.3 Å². The minimum Gasteiger partial charge on any atom is -0.458 e. The van der Waals surface area contributed by atoms with E-state index >= 15 is 0 Å². The van der Waals surface area contributed by atoms with Crippen molar-refractivity contribution < 1.29 is 13.7 Å². The van der Waals surface area contributed by atoms with Crippen LogP contribution in [0.25, 0.3) is 0 Å². The molecule has 0 heterocycles. The predicted octanol–water partition coefficient (Wildman–Crippen LogP) is 6.24. The van der Waals surface area contributed by atoms with E-state index in [0.717, 1.165) is 14.7 Å². The van der Waals surface area contributed by atoms with Gasteiger partial charge in [0, 0.05) is 14.7 Å². The number of ether oxygens (including phenoxy) is 1. The molecule has 0 fully saturated rings. The van der Waals surface area contributed by atoms with Crippen LogP contribution in [0.5, 0.6) is 0 Å². The molecule has 0 bridgehead atoms. The standard InChI is InChI=1S/C24H26O3S/c1-24(2,3)27-23(25)19-26-28(20-13-7-4-8-14-20,21-15-9-5-10-16-21)22-17-11-6-12-18-22/h4-18H,19H2,1-3H3. The van der Waals surface area contributed by atoms with Crippen LogP contribution in [0.15, 0.2) is 106 Å². The van der Waals surface area contributed by atoms with Crippen LogP contribution in [-0.4, -0.2) is 18.2 Å². The summed E-state index contributed by atoms with van der Waals surface area (Å²) >= 11 is 0. The lowest BCUT2D eigenvalue weighted by Crippen LogP contribution is -2.27. The lowest BCUT2D eigenvalue weighted by Gasteiger charge is -2.40. The van der Waals surface area contributed by atoms with Crippen molar-refractivity contribution in [3.63, 3.8) is 0 Å². The summed E-state index contributed by atoms with van der Waals surface area (Å²) in [5.41, 5.74) is -0.551. The third kappa shape index (κ3) is 4.64. The molecule has 0 unspecified atom stereocenters. The molecular weight excluding hydrogens is 368 g/mol. The third-order valence-corrected chi connectivity index (χ3v) is 7.28. The average molecular weight is 395 g/mol. The van der Waals surface area contributed by atoms with Gasteiger partial charge in [0.25, 0.3) is 0 Å². The predicted molar refractivity (Wildman–Crippen MR) is 114 cm³/mol. The van der Waals surface area contributed by atoms with Crippen molar-refractivity contribution in [2.45, 2.75) is 41.1 Å². The second kappa shape index (κ2) is 8.63. The molecule has 0 amide bonds. The maximum atomic E-state index is 12.5. The van der Waals surface area contributed by atoms with E-state index in [9.17, 15) is 4.79 Å². The largest absolute Gasteiger partial charge is 0.458 e. The van der Waals surface area contributed by atoms with Crippen LogP contribution in [0.2, 0.25) is 0 Å². The van der Waals surface area contributed by atoms with Crippen LogP contribution in [0.1, 0.15) is 20.8 Å². The Morgan fingerprint density at radius 1 is 0.714 bits per heavy atom. The van der Waals surface area contributed by atoms with Crippen molar-refractivity contribution in [1.29, 1.82) is 0 Å².